The summed E-state index contributed by atoms with van der Waals surface area (Å²) >= 11 is 0. The van der Waals surface area contributed by atoms with Gasteiger partial charge in [0.05, 0.1) is 6.10 Å². The number of benzene rings is 1. The van der Waals surface area contributed by atoms with Gasteiger partial charge < -0.3 is 5.11 Å². The number of alkyl halides is 2. The van der Waals surface area contributed by atoms with Crippen molar-refractivity contribution in [3.05, 3.63) is 35.9 Å². The monoisotopic (exact) mass is 254 g/mol. The van der Waals surface area contributed by atoms with Crippen molar-refractivity contribution in [2.45, 2.75) is 50.6 Å². The van der Waals surface area contributed by atoms with E-state index in [1.807, 2.05) is 0 Å². The SMILES string of the molecule is OC1CCCCCC1CC(F)(F)c1ccccc1. The van der Waals surface area contributed by atoms with Gasteiger partial charge in [0.1, 0.15) is 0 Å². The Bertz CT molecular complexity index is 364. The fourth-order valence-electron chi connectivity index (χ4n) is 2.73. The lowest BCUT2D eigenvalue weighted by Crippen LogP contribution is -2.26. The van der Waals surface area contributed by atoms with Gasteiger partial charge in [-0.1, -0.05) is 49.6 Å². The smallest absolute Gasteiger partial charge is 0.273 e. The maximum atomic E-state index is 14.1. The van der Waals surface area contributed by atoms with E-state index in [0.29, 0.717) is 12.8 Å². The second-order valence-corrected chi connectivity index (χ2v) is 5.24. The van der Waals surface area contributed by atoms with Crippen molar-refractivity contribution < 1.29 is 13.9 Å². The van der Waals surface area contributed by atoms with Crippen LogP contribution in [0, 0.1) is 5.92 Å². The van der Waals surface area contributed by atoms with Crippen LogP contribution in [0.1, 0.15) is 44.1 Å². The molecule has 1 N–H and O–H groups in total. The Kier molecular flexibility index (Phi) is 4.33. The number of aliphatic hydroxyl groups excluding tert-OH is 1. The summed E-state index contributed by atoms with van der Waals surface area (Å²) in [4.78, 5) is 0. The van der Waals surface area contributed by atoms with Crippen LogP contribution < -0.4 is 0 Å². The van der Waals surface area contributed by atoms with Crippen LogP contribution in [0.3, 0.4) is 0 Å². The van der Waals surface area contributed by atoms with Crippen molar-refractivity contribution in [1.82, 2.24) is 0 Å². The zero-order valence-corrected chi connectivity index (χ0v) is 10.5. The van der Waals surface area contributed by atoms with Crippen LogP contribution in [0.5, 0.6) is 0 Å². The van der Waals surface area contributed by atoms with Gasteiger partial charge in [0.15, 0.2) is 0 Å². The van der Waals surface area contributed by atoms with Gasteiger partial charge in [-0.25, -0.2) is 8.78 Å². The third kappa shape index (κ3) is 3.29. The molecule has 18 heavy (non-hydrogen) atoms. The maximum absolute atomic E-state index is 14.1. The molecule has 1 aliphatic carbocycles. The summed E-state index contributed by atoms with van der Waals surface area (Å²) in [6.07, 6.45) is 3.52. The fraction of sp³-hybridized carbons (Fsp3) is 0.600. The quantitative estimate of drug-likeness (QED) is 0.805. The minimum Gasteiger partial charge on any atom is -0.393 e. The number of rotatable bonds is 3. The Morgan fingerprint density at radius 2 is 1.72 bits per heavy atom. The number of halogens is 2. The minimum absolute atomic E-state index is 0.0569. The van der Waals surface area contributed by atoms with Gasteiger partial charge >= 0.3 is 0 Å². The van der Waals surface area contributed by atoms with E-state index in [1.165, 1.54) is 12.1 Å². The van der Waals surface area contributed by atoms with E-state index in [2.05, 4.69) is 0 Å². The predicted molar refractivity (Wildman–Crippen MR) is 67.5 cm³/mol. The molecule has 100 valence electrons. The number of hydrogen-bond acceptors (Lipinski definition) is 1. The summed E-state index contributed by atoms with van der Waals surface area (Å²) in [7, 11) is 0. The zero-order valence-electron chi connectivity index (χ0n) is 10.5. The molecule has 1 saturated carbocycles. The lowest BCUT2D eigenvalue weighted by atomic mass is 9.88. The normalized spacial score (nSPS) is 25.7. The molecule has 1 aromatic rings. The molecule has 3 heteroatoms. The van der Waals surface area contributed by atoms with E-state index in [4.69, 9.17) is 0 Å². The molecule has 1 aromatic carbocycles. The van der Waals surface area contributed by atoms with Gasteiger partial charge in [-0.2, -0.15) is 0 Å². The van der Waals surface area contributed by atoms with Gasteiger partial charge in [-0.3, -0.25) is 0 Å². The molecule has 0 saturated heterocycles. The van der Waals surface area contributed by atoms with E-state index in [1.54, 1.807) is 18.2 Å². The second kappa shape index (κ2) is 5.79. The molecule has 0 amide bonds. The van der Waals surface area contributed by atoms with Crippen LogP contribution in [0.2, 0.25) is 0 Å². The van der Waals surface area contributed by atoms with Gasteiger partial charge in [0.2, 0.25) is 0 Å². The zero-order chi connectivity index (χ0) is 13.0. The Labute approximate surface area is 107 Å². The average molecular weight is 254 g/mol. The van der Waals surface area contributed by atoms with E-state index < -0.39 is 12.0 Å². The highest BCUT2D eigenvalue weighted by atomic mass is 19.3. The van der Waals surface area contributed by atoms with Crippen molar-refractivity contribution in [3.63, 3.8) is 0 Å². The lowest BCUT2D eigenvalue weighted by Gasteiger charge is -2.26. The largest absolute Gasteiger partial charge is 0.393 e. The molecule has 0 aromatic heterocycles. The van der Waals surface area contributed by atoms with Crippen LogP contribution in [0.25, 0.3) is 0 Å². The topological polar surface area (TPSA) is 20.2 Å². The molecule has 0 heterocycles. The first kappa shape index (κ1) is 13.5. The highest BCUT2D eigenvalue weighted by Crippen LogP contribution is 2.39. The molecular weight excluding hydrogens is 234 g/mol. The Morgan fingerprint density at radius 3 is 2.44 bits per heavy atom. The molecule has 1 fully saturated rings. The number of aliphatic hydroxyl groups is 1. The molecule has 0 aliphatic heterocycles. The standard InChI is InChI=1S/C15H20F2O/c16-15(17,13-8-4-2-5-9-13)11-12-7-3-1-6-10-14(12)18/h2,4-5,8-9,12,14,18H,1,3,6-7,10-11H2. The van der Waals surface area contributed by atoms with Crippen molar-refractivity contribution in [2.75, 3.05) is 0 Å². The summed E-state index contributed by atoms with van der Waals surface area (Å²) in [6, 6.07) is 7.92. The first-order chi connectivity index (χ1) is 8.59. The van der Waals surface area contributed by atoms with Crippen molar-refractivity contribution in [1.29, 1.82) is 0 Å². The van der Waals surface area contributed by atoms with Gasteiger partial charge in [0.25, 0.3) is 5.92 Å². The van der Waals surface area contributed by atoms with Crippen LogP contribution in [-0.2, 0) is 5.92 Å². The van der Waals surface area contributed by atoms with Gasteiger partial charge in [0, 0.05) is 12.0 Å². The fourth-order valence-corrected chi connectivity index (χ4v) is 2.73. The summed E-state index contributed by atoms with van der Waals surface area (Å²) in [5, 5.41) is 9.93. The molecule has 1 aliphatic rings. The Morgan fingerprint density at radius 1 is 1.06 bits per heavy atom. The highest BCUT2D eigenvalue weighted by Gasteiger charge is 2.37. The van der Waals surface area contributed by atoms with Crippen LogP contribution in [-0.4, -0.2) is 11.2 Å². The molecular formula is C15H20F2O. The molecule has 0 spiro atoms. The summed E-state index contributed by atoms with van der Waals surface area (Å²) in [5.74, 6) is -3.11. The van der Waals surface area contributed by atoms with Crippen molar-refractivity contribution in [3.8, 4) is 0 Å². The van der Waals surface area contributed by atoms with E-state index in [-0.39, 0.29) is 17.9 Å². The predicted octanol–water partition coefficient (Wildman–Crippen LogP) is 4.11. The van der Waals surface area contributed by atoms with Gasteiger partial charge in [-0.05, 0) is 18.8 Å². The molecule has 2 atom stereocenters. The second-order valence-electron chi connectivity index (χ2n) is 5.24. The average Bonchev–Trinajstić information content (AvgIpc) is 2.56. The van der Waals surface area contributed by atoms with Gasteiger partial charge in [-0.15, -0.1) is 0 Å². The molecule has 2 unspecified atom stereocenters. The Hall–Kier alpha value is -0.960. The third-order valence-corrected chi connectivity index (χ3v) is 3.83. The number of hydrogen-bond donors (Lipinski definition) is 1. The lowest BCUT2D eigenvalue weighted by molar-refractivity contribution is -0.0512. The minimum atomic E-state index is -2.84. The van der Waals surface area contributed by atoms with Crippen molar-refractivity contribution in [2.24, 2.45) is 5.92 Å². The first-order valence-corrected chi connectivity index (χ1v) is 6.71. The summed E-state index contributed by atoms with van der Waals surface area (Å²) in [5.41, 5.74) is 0.0569. The summed E-state index contributed by atoms with van der Waals surface area (Å²) < 4.78 is 28.3. The van der Waals surface area contributed by atoms with E-state index in [0.717, 1.165) is 19.3 Å². The van der Waals surface area contributed by atoms with E-state index in [9.17, 15) is 13.9 Å². The Balaban J connectivity index is 2.07. The van der Waals surface area contributed by atoms with Crippen molar-refractivity contribution >= 4 is 0 Å². The van der Waals surface area contributed by atoms with Crippen LogP contribution in [0.4, 0.5) is 8.78 Å². The van der Waals surface area contributed by atoms with Crippen LogP contribution >= 0.6 is 0 Å². The molecule has 2 rings (SSSR count). The third-order valence-electron chi connectivity index (χ3n) is 3.83. The van der Waals surface area contributed by atoms with E-state index >= 15 is 0 Å². The summed E-state index contributed by atoms with van der Waals surface area (Å²) in [6.45, 7) is 0. The maximum Gasteiger partial charge on any atom is 0.273 e. The highest BCUT2D eigenvalue weighted by molar-refractivity contribution is 5.20. The molecule has 1 nitrogen and oxygen atoms in total. The first-order valence-electron chi connectivity index (χ1n) is 6.71. The molecule has 0 bridgehead atoms. The molecule has 0 radical (unpaired) electrons. The van der Waals surface area contributed by atoms with Crippen LogP contribution in [0.15, 0.2) is 30.3 Å².